The van der Waals surface area contributed by atoms with Gasteiger partial charge in [0.25, 0.3) is 10.0 Å². The van der Waals surface area contributed by atoms with Crippen LogP contribution in [0.15, 0.2) is 29.6 Å². The monoisotopic (exact) mass is 480 g/mol. The maximum absolute atomic E-state index is 12.8. The van der Waals surface area contributed by atoms with E-state index < -0.39 is 16.1 Å². The lowest BCUT2D eigenvalue weighted by Crippen LogP contribution is -2.44. The average molecular weight is 481 g/mol. The Hall–Kier alpha value is -2.43. The smallest absolute Gasteiger partial charge is 0.333 e. The van der Waals surface area contributed by atoms with Crippen LogP contribution >= 0.6 is 11.6 Å². The molecule has 0 bridgehead atoms. The number of nitrogens with zero attached hydrogens (tertiary/aromatic N) is 3. The van der Waals surface area contributed by atoms with Crippen molar-refractivity contribution < 1.29 is 13.2 Å². The van der Waals surface area contributed by atoms with Gasteiger partial charge in [-0.1, -0.05) is 39.3 Å². The fourth-order valence-corrected chi connectivity index (χ4v) is 4.58. The number of aromatic nitrogens is 2. The minimum absolute atomic E-state index is 0.0692. The number of anilines is 2. The molecule has 2 amide bonds. The van der Waals surface area contributed by atoms with Gasteiger partial charge in [-0.2, -0.15) is 8.42 Å². The standard InChI is InChI=1S/C21H29ClN6O3S/c1-13(2)16-9-15(22)10-17(14(3)4)20(16)26-21(29)27-32(30,31)19-12-24-11-18(25-19)28-7-5-23-6-8-28/h9-14,23H,5-8H2,1-4H3,(H2,26,27,29). The van der Waals surface area contributed by atoms with E-state index >= 15 is 0 Å². The van der Waals surface area contributed by atoms with E-state index in [1.165, 1.54) is 6.20 Å². The fourth-order valence-electron chi connectivity index (χ4n) is 3.53. The summed E-state index contributed by atoms with van der Waals surface area (Å²) in [6, 6.07) is 2.69. The third-order valence-corrected chi connectivity index (χ3v) is 6.61. The van der Waals surface area contributed by atoms with Gasteiger partial charge in [-0.15, -0.1) is 0 Å². The van der Waals surface area contributed by atoms with E-state index in [9.17, 15) is 13.2 Å². The Morgan fingerprint density at radius 3 is 2.25 bits per heavy atom. The highest BCUT2D eigenvalue weighted by atomic mass is 35.5. The van der Waals surface area contributed by atoms with Crippen LogP contribution < -0.4 is 20.3 Å². The summed E-state index contributed by atoms with van der Waals surface area (Å²) in [6.45, 7) is 10.9. The van der Waals surface area contributed by atoms with Crippen molar-refractivity contribution in [3.05, 3.63) is 40.7 Å². The third kappa shape index (κ3) is 5.67. The Labute approximate surface area is 194 Å². The van der Waals surface area contributed by atoms with Gasteiger partial charge in [0.15, 0.2) is 5.03 Å². The molecule has 0 atom stereocenters. The number of hydrogen-bond donors (Lipinski definition) is 3. The van der Waals surface area contributed by atoms with Crippen molar-refractivity contribution in [3.8, 4) is 0 Å². The highest BCUT2D eigenvalue weighted by molar-refractivity contribution is 7.90. The van der Waals surface area contributed by atoms with E-state index in [0.717, 1.165) is 30.4 Å². The van der Waals surface area contributed by atoms with Crippen LogP contribution in [0.3, 0.4) is 0 Å². The van der Waals surface area contributed by atoms with Crippen molar-refractivity contribution >= 4 is 39.2 Å². The second-order valence-corrected chi connectivity index (χ2v) is 10.3. The molecule has 2 heterocycles. The van der Waals surface area contributed by atoms with E-state index in [2.05, 4.69) is 25.3 Å². The molecule has 3 N–H and O–H groups in total. The summed E-state index contributed by atoms with van der Waals surface area (Å²) in [4.78, 5) is 22.9. The molecule has 0 unspecified atom stereocenters. The molecule has 1 saturated heterocycles. The lowest BCUT2D eigenvalue weighted by molar-refractivity contribution is 0.256. The molecule has 0 radical (unpaired) electrons. The minimum atomic E-state index is -4.22. The van der Waals surface area contributed by atoms with E-state index in [4.69, 9.17) is 11.6 Å². The molecule has 1 aromatic carbocycles. The van der Waals surface area contributed by atoms with Gasteiger partial charge in [0.1, 0.15) is 5.82 Å². The number of rotatable bonds is 6. The molecular formula is C21H29ClN6O3S. The number of urea groups is 1. The zero-order valence-electron chi connectivity index (χ0n) is 18.6. The molecule has 0 spiro atoms. The summed E-state index contributed by atoms with van der Waals surface area (Å²) >= 11 is 6.26. The van der Waals surface area contributed by atoms with Crippen LogP contribution in [0.1, 0.15) is 50.7 Å². The predicted molar refractivity (Wildman–Crippen MR) is 126 cm³/mol. The van der Waals surface area contributed by atoms with E-state index in [-0.39, 0.29) is 16.9 Å². The molecule has 1 aromatic heterocycles. The maximum atomic E-state index is 12.8. The number of sulfonamides is 1. The number of halogens is 1. The van der Waals surface area contributed by atoms with Gasteiger partial charge in [0.2, 0.25) is 0 Å². The molecule has 9 nitrogen and oxygen atoms in total. The number of carbonyl (C=O) groups is 1. The molecule has 2 aromatic rings. The summed E-state index contributed by atoms with van der Waals surface area (Å²) in [5.41, 5.74) is 2.22. The normalized spacial score (nSPS) is 14.7. The van der Waals surface area contributed by atoms with Crippen molar-refractivity contribution in [2.75, 3.05) is 36.4 Å². The molecule has 1 aliphatic rings. The number of hydrogen-bond acceptors (Lipinski definition) is 7. The fraction of sp³-hybridized carbons (Fsp3) is 0.476. The zero-order chi connectivity index (χ0) is 23.5. The quantitative estimate of drug-likeness (QED) is 0.580. The molecule has 0 aliphatic carbocycles. The summed E-state index contributed by atoms with van der Waals surface area (Å²) in [6.07, 6.45) is 2.64. The Bertz CT molecular complexity index is 1060. The largest absolute Gasteiger partial charge is 0.353 e. The first-order valence-electron chi connectivity index (χ1n) is 10.5. The van der Waals surface area contributed by atoms with Crippen molar-refractivity contribution in [1.29, 1.82) is 0 Å². The second kappa shape index (κ2) is 10.0. The van der Waals surface area contributed by atoms with E-state index in [1.807, 2.05) is 32.6 Å². The average Bonchev–Trinajstić information content (AvgIpc) is 2.74. The summed E-state index contributed by atoms with van der Waals surface area (Å²) < 4.78 is 27.7. The van der Waals surface area contributed by atoms with Crippen LogP contribution in [-0.2, 0) is 10.0 Å². The number of amides is 2. The van der Waals surface area contributed by atoms with Gasteiger partial charge in [0.05, 0.1) is 12.4 Å². The van der Waals surface area contributed by atoms with Gasteiger partial charge >= 0.3 is 6.03 Å². The molecule has 32 heavy (non-hydrogen) atoms. The number of carbonyl (C=O) groups excluding carboxylic acids is 1. The van der Waals surface area contributed by atoms with Gasteiger partial charge in [-0.3, -0.25) is 4.98 Å². The lowest BCUT2D eigenvalue weighted by Gasteiger charge is -2.28. The Morgan fingerprint density at radius 1 is 1.09 bits per heavy atom. The first-order valence-corrected chi connectivity index (χ1v) is 12.4. The third-order valence-electron chi connectivity index (χ3n) is 5.19. The van der Waals surface area contributed by atoms with E-state index in [0.29, 0.717) is 29.6 Å². The number of benzene rings is 1. The Balaban J connectivity index is 1.83. The number of nitrogens with one attached hydrogen (secondary N) is 3. The van der Waals surface area contributed by atoms with Crippen LogP contribution in [0, 0.1) is 0 Å². The summed E-state index contributed by atoms with van der Waals surface area (Å²) in [7, 11) is -4.22. The van der Waals surface area contributed by atoms with Crippen LogP contribution in [0.5, 0.6) is 0 Å². The minimum Gasteiger partial charge on any atom is -0.353 e. The molecule has 1 fully saturated rings. The zero-order valence-corrected chi connectivity index (χ0v) is 20.2. The maximum Gasteiger partial charge on any atom is 0.333 e. The molecule has 11 heteroatoms. The Morgan fingerprint density at radius 2 is 1.69 bits per heavy atom. The summed E-state index contributed by atoms with van der Waals surface area (Å²) in [5.74, 6) is 0.594. The van der Waals surface area contributed by atoms with Crippen molar-refractivity contribution in [2.24, 2.45) is 0 Å². The molecule has 0 saturated carbocycles. The molecular weight excluding hydrogens is 452 g/mol. The Kier molecular flexibility index (Phi) is 7.58. The first kappa shape index (κ1) is 24.2. The van der Waals surface area contributed by atoms with Crippen molar-refractivity contribution in [3.63, 3.8) is 0 Å². The van der Waals surface area contributed by atoms with Gasteiger partial charge < -0.3 is 15.5 Å². The molecule has 174 valence electrons. The number of piperazine rings is 1. The topological polar surface area (TPSA) is 116 Å². The first-order chi connectivity index (χ1) is 15.1. The van der Waals surface area contributed by atoms with Crippen LogP contribution in [0.4, 0.5) is 16.3 Å². The molecule has 1 aliphatic heterocycles. The van der Waals surface area contributed by atoms with Gasteiger partial charge in [-0.25, -0.2) is 14.5 Å². The predicted octanol–water partition coefficient (Wildman–Crippen LogP) is 3.30. The van der Waals surface area contributed by atoms with Crippen molar-refractivity contribution in [2.45, 2.75) is 44.6 Å². The SMILES string of the molecule is CC(C)c1cc(Cl)cc(C(C)C)c1NC(=O)NS(=O)(=O)c1cncc(N2CCNCC2)n1. The highest BCUT2D eigenvalue weighted by Crippen LogP contribution is 2.35. The van der Waals surface area contributed by atoms with E-state index in [1.54, 1.807) is 12.1 Å². The molecule has 3 rings (SSSR count). The lowest BCUT2D eigenvalue weighted by atomic mass is 9.92. The van der Waals surface area contributed by atoms with Crippen molar-refractivity contribution in [1.82, 2.24) is 20.0 Å². The van der Waals surface area contributed by atoms with Gasteiger partial charge in [-0.05, 0) is 35.1 Å². The highest BCUT2D eigenvalue weighted by Gasteiger charge is 2.24. The summed E-state index contributed by atoms with van der Waals surface area (Å²) in [5, 5.41) is 6.20. The van der Waals surface area contributed by atoms with Crippen LogP contribution in [0.25, 0.3) is 0 Å². The van der Waals surface area contributed by atoms with Gasteiger partial charge in [0, 0.05) is 36.9 Å². The second-order valence-electron chi connectivity index (χ2n) is 8.28. The van der Waals surface area contributed by atoms with Crippen LogP contribution in [0.2, 0.25) is 5.02 Å². The van der Waals surface area contributed by atoms with Crippen LogP contribution in [-0.4, -0.2) is 50.6 Å².